The van der Waals surface area contributed by atoms with Gasteiger partial charge in [0.1, 0.15) is 5.03 Å². The van der Waals surface area contributed by atoms with Gasteiger partial charge in [0.05, 0.1) is 11.0 Å². The fraction of sp³-hybridized carbons (Fsp3) is 0.0769. The highest BCUT2D eigenvalue weighted by molar-refractivity contribution is 7.99. The lowest BCUT2D eigenvalue weighted by Gasteiger charge is -2.00. The molecular weight excluding hydrogens is 230 g/mol. The number of hydrogen-bond acceptors (Lipinski definition) is 3. The third-order valence-corrected chi connectivity index (χ3v) is 3.98. The van der Waals surface area contributed by atoms with Crippen molar-refractivity contribution < 1.29 is 0 Å². The molecule has 0 saturated heterocycles. The van der Waals surface area contributed by atoms with E-state index >= 15 is 0 Å². The average molecular weight is 239 g/mol. The summed E-state index contributed by atoms with van der Waals surface area (Å²) >= 11 is 1.78. The minimum absolute atomic E-state index is 0.973. The highest BCUT2D eigenvalue weighted by Gasteiger charge is 2.14. The fourth-order valence-electron chi connectivity index (χ4n) is 2.35. The van der Waals surface area contributed by atoms with Crippen molar-refractivity contribution in [1.82, 2.24) is 14.5 Å². The van der Waals surface area contributed by atoms with Crippen molar-refractivity contribution in [2.75, 3.05) is 5.75 Å². The molecule has 82 valence electrons. The summed E-state index contributed by atoms with van der Waals surface area (Å²) in [5, 5.41) is 3.53. The monoisotopic (exact) mass is 239 g/mol. The molecule has 3 nitrogen and oxygen atoms in total. The second-order valence-corrected chi connectivity index (χ2v) is 4.98. The van der Waals surface area contributed by atoms with E-state index in [2.05, 4.69) is 38.9 Å². The topological polar surface area (TPSA) is 30.7 Å². The standard InChI is InChI=1S/C13H9N3S/c1-6-16-11-3-4-14-8-10(11)9-2-5-15-13(12(9)16)17-7-1/h1-6,8H,7H2. The summed E-state index contributed by atoms with van der Waals surface area (Å²) in [6.45, 7) is 0. The number of fused-ring (bicyclic) bond motifs is 3. The zero-order chi connectivity index (χ0) is 11.2. The number of nitrogens with zero attached hydrogens (tertiary/aromatic N) is 3. The van der Waals surface area contributed by atoms with Crippen molar-refractivity contribution >= 4 is 39.8 Å². The minimum Gasteiger partial charge on any atom is -0.314 e. The Labute approximate surface area is 102 Å². The van der Waals surface area contributed by atoms with E-state index in [-0.39, 0.29) is 0 Å². The van der Waals surface area contributed by atoms with Gasteiger partial charge in [-0.3, -0.25) is 4.98 Å². The van der Waals surface area contributed by atoms with Crippen LogP contribution in [0, 0.1) is 0 Å². The summed E-state index contributed by atoms with van der Waals surface area (Å²) in [6.07, 6.45) is 9.95. The molecule has 1 aliphatic rings. The molecule has 0 saturated carbocycles. The van der Waals surface area contributed by atoms with Crippen molar-refractivity contribution in [1.29, 1.82) is 0 Å². The molecule has 3 aromatic heterocycles. The molecule has 0 spiro atoms. The summed E-state index contributed by atoms with van der Waals surface area (Å²) in [5.41, 5.74) is 2.40. The fourth-order valence-corrected chi connectivity index (χ4v) is 3.17. The van der Waals surface area contributed by atoms with Gasteiger partial charge in [0, 0.05) is 41.3 Å². The van der Waals surface area contributed by atoms with Gasteiger partial charge in [-0.2, -0.15) is 0 Å². The van der Waals surface area contributed by atoms with E-state index in [1.807, 2.05) is 18.6 Å². The lowest BCUT2D eigenvalue weighted by atomic mass is 10.2. The maximum atomic E-state index is 4.47. The number of hydrogen-bond donors (Lipinski definition) is 0. The molecular formula is C13H9N3S. The molecule has 17 heavy (non-hydrogen) atoms. The van der Waals surface area contributed by atoms with Crippen LogP contribution in [0.3, 0.4) is 0 Å². The van der Waals surface area contributed by atoms with E-state index in [4.69, 9.17) is 0 Å². The normalized spacial score (nSPS) is 14.4. The Hall–Kier alpha value is -1.81. The SMILES string of the molecule is C1=Cn2c3ccncc3c3ccnc(c32)SC1. The van der Waals surface area contributed by atoms with Crippen LogP contribution in [0.4, 0.5) is 0 Å². The summed E-state index contributed by atoms with van der Waals surface area (Å²) in [4.78, 5) is 8.69. The predicted octanol–water partition coefficient (Wildman–Crippen LogP) is 3.16. The van der Waals surface area contributed by atoms with Crippen molar-refractivity contribution in [3.8, 4) is 0 Å². The molecule has 0 radical (unpaired) electrons. The molecule has 0 atom stereocenters. The first-order valence-corrected chi connectivity index (χ1v) is 6.46. The second-order valence-electron chi connectivity index (χ2n) is 3.97. The molecule has 0 amide bonds. The summed E-state index contributed by atoms with van der Waals surface area (Å²) in [5.74, 6) is 0.973. The molecule has 0 N–H and O–H groups in total. The molecule has 4 heteroatoms. The Morgan fingerprint density at radius 2 is 2.18 bits per heavy atom. The van der Waals surface area contributed by atoms with Crippen molar-refractivity contribution in [3.63, 3.8) is 0 Å². The summed E-state index contributed by atoms with van der Waals surface area (Å²) in [6, 6.07) is 4.12. The Morgan fingerprint density at radius 3 is 3.18 bits per heavy atom. The highest BCUT2D eigenvalue weighted by Crippen LogP contribution is 2.35. The predicted molar refractivity (Wildman–Crippen MR) is 71.1 cm³/mol. The third-order valence-electron chi connectivity index (χ3n) is 3.05. The van der Waals surface area contributed by atoms with Crippen LogP contribution in [0.25, 0.3) is 28.0 Å². The van der Waals surface area contributed by atoms with Crippen LogP contribution in [0.2, 0.25) is 0 Å². The molecule has 3 aromatic rings. The molecule has 0 aliphatic carbocycles. The van der Waals surface area contributed by atoms with E-state index in [1.165, 1.54) is 21.8 Å². The van der Waals surface area contributed by atoms with Gasteiger partial charge < -0.3 is 4.57 Å². The van der Waals surface area contributed by atoms with Crippen molar-refractivity contribution in [2.45, 2.75) is 5.03 Å². The smallest absolute Gasteiger partial charge is 0.121 e. The number of aromatic nitrogens is 3. The van der Waals surface area contributed by atoms with Crippen LogP contribution in [-0.4, -0.2) is 20.3 Å². The van der Waals surface area contributed by atoms with Gasteiger partial charge in [-0.1, -0.05) is 6.08 Å². The molecule has 0 bridgehead atoms. The first kappa shape index (κ1) is 9.24. The molecule has 0 fully saturated rings. The Bertz CT molecular complexity index is 758. The maximum Gasteiger partial charge on any atom is 0.121 e. The molecule has 4 heterocycles. The third kappa shape index (κ3) is 1.18. The number of pyridine rings is 2. The lowest BCUT2D eigenvalue weighted by Crippen LogP contribution is -1.87. The van der Waals surface area contributed by atoms with Crippen molar-refractivity contribution in [3.05, 3.63) is 36.8 Å². The van der Waals surface area contributed by atoms with E-state index in [1.54, 1.807) is 11.8 Å². The van der Waals surface area contributed by atoms with Crippen molar-refractivity contribution in [2.24, 2.45) is 0 Å². The van der Waals surface area contributed by atoms with E-state index in [9.17, 15) is 0 Å². The van der Waals surface area contributed by atoms with Crippen LogP contribution in [0.1, 0.15) is 0 Å². The summed E-state index contributed by atoms with van der Waals surface area (Å²) in [7, 11) is 0. The first-order chi connectivity index (χ1) is 8.45. The Balaban J connectivity index is 2.35. The van der Waals surface area contributed by atoms with Gasteiger partial charge in [0.2, 0.25) is 0 Å². The zero-order valence-corrected chi connectivity index (χ0v) is 9.81. The van der Waals surface area contributed by atoms with Crippen LogP contribution in [0.5, 0.6) is 0 Å². The quantitative estimate of drug-likeness (QED) is 0.603. The van der Waals surface area contributed by atoms with Gasteiger partial charge >= 0.3 is 0 Å². The highest BCUT2D eigenvalue weighted by atomic mass is 32.2. The van der Waals surface area contributed by atoms with E-state index < -0.39 is 0 Å². The zero-order valence-electron chi connectivity index (χ0n) is 9.00. The average Bonchev–Trinajstić information content (AvgIpc) is 2.56. The Morgan fingerprint density at radius 1 is 1.18 bits per heavy atom. The van der Waals surface area contributed by atoms with Crippen LogP contribution in [-0.2, 0) is 0 Å². The van der Waals surface area contributed by atoms with Gasteiger partial charge in [-0.15, -0.1) is 11.8 Å². The molecule has 4 rings (SSSR count). The number of rotatable bonds is 0. The number of thioether (sulfide) groups is 1. The van der Waals surface area contributed by atoms with Crippen LogP contribution < -0.4 is 0 Å². The minimum atomic E-state index is 0.973. The molecule has 0 unspecified atom stereocenters. The van der Waals surface area contributed by atoms with E-state index in [0.717, 1.165) is 10.8 Å². The molecule has 0 aromatic carbocycles. The van der Waals surface area contributed by atoms with Crippen LogP contribution >= 0.6 is 11.8 Å². The molecule has 1 aliphatic heterocycles. The van der Waals surface area contributed by atoms with Crippen LogP contribution in [0.15, 0.2) is 41.8 Å². The summed E-state index contributed by atoms with van der Waals surface area (Å²) < 4.78 is 2.22. The largest absolute Gasteiger partial charge is 0.314 e. The van der Waals surface area contributed by atoms with Gasteiger partial charge in [0.15, 0.2) is 0 Å². The first-order valence-electron chi connectivity index (χ1n) is 5.47. The Kier molecular flexibility index (Phi) is 1.82. The van der Waals surface area contributed by atoms with E-state index in [0.29, 0.717) is 0 Å². The second kappa shape index (κ2) is 3.34. The maximum absolute atomic E-state index is 4.47. The van der Waals surface area contributed by atoms with Gasteiger partial charge in [-0.05, 0) is 12.1 Å². The lowest BCUT2D eigenvalue weighted by molar-refractivity contribution is 1.13. The van der Waals surface area contributed by atoms with Gasteiger partial charge in [-0.25, -0.2) is 4.98 Å². The van der Waals surface area contributed by atoms with Gasteiger partial charge in [0.25, 0.3) is 0 Å².